The van der Waals surface area contributed by atoms with Crippen LogP contribution < -0.4 is 4.74 Å². The van der Waals surface area contributed by atoms with Crippen LogP contribution in [0.25, 0.3) is 10.8 Å². The fraction of sp³-hybridized carbons (Fsp3) is 0.333. The second kappa shape index (κ2) is 3.78. The lowest BCUT2D eigenvalue weighted by Gasteiger charge is -2.23. The molecule has 0 spiro atoms. The number of rotatable bonds is 1. The zero-order valence-electron chi connectivity index (χ0n) is 11.1. The maximum atomic E-state index is 12.2. The van der Waals surface area contributed by atoms with E-state index in [1.54, 1.807) is 26.1 Å². The van der Waals surface area contributed by atoms with E-state index < -0.39 is 11.7 Å². The first-order valence-corrected chi connectivity index (χ1v) is 6.20. The molecular formula is C15H15NO3. The molecule has 0 saturated carbocycles. The molecule has 19 heavy (non-hydrogen) atoms. The minimum Gasteiger partial charge on any atom is -0.478 e. The number of fused-ring (bicyclic) bond motifs is 3. The highest BCUT2D eigenvalue weighted by Gasteiger charge is 2.42. The van der Waals surface area contributed by atoms with Crippen molar-refractivity contribution in [1.29, 1.82) is 0 Å². The molecule has 2 heterocycles. The fourth-order valence-corrected chi connectivity index (χ4v) is 2.40. The molecule has 98 valence electrons. The molecule has 1 aromatic carbocycles. The molecule has 1 N–H and O–H groups in total. The van der Waals surface area contributed by atoms with Gasteiger partial charge in [0.05, 0.1) is 5.56 Å². The van der Waals surface area contributed by atoms with Gasteiger partial charge < -0.3 is 9.84 Å². The first-order chi connectivity index (χ1) is 8.88. The molecule has 0 aliphatic carbocycles. The molecule has 4 heteroatoms. The molecular weight excluding hydrogens is 242 g/mol. The molecule has 0 fully saturated rings. The molecule has 2 aromatic rings. The Bertz CT molecular complexity index is 686. The molecule has 1 aromatic heterocycles. The lowest BCUT2D eigenvalue weighted by Crippen LogP contribution is -2.43. The molecule has 0 radical (unpaired) electrons. The number of aryl methyl sites for hydroxylation is 1. The van der Waals surface area contributed by atoms with Gasteiger partial charge in [0, 0.05) is 17.3 Å². The summed E-state index contributed by atoms with van der Waals surface area (Å²) in [6.45, 7) is 5.07. The molecule has 1 aliphatic heterocycles. The lowest BCUT2D eigenvalue weighted by atomic mass is 9.95. The number of pyridine rings is 1. The van der Waals surface area contributed by atoms with Crippen molar-refractivity contribution < 1.29 is 14.6 Å². The Morgan fingerprint density at radius 2 is 2.11 bits per heavy atom. The standard InChI is InChI=1S/C15H15NO3/c1-8-6-9-4-5-10-12(17)14(15(2,3)18)19-13(10)11(9)7-16-8/h4-7,14,18H,1-3H3. The van der Waals surface area contributed by atoms with Crippen molar-refractivity contribution in [2.75, 3.05) is 0 Å². The van der Waals surface area contributed by atoms with Crippen molar-refractivity contribution in [3.05, 3.63) is 35.7 Å². The summed E-state index contributed by atoms with van der Waals surface area (Å²) >= 11 is 0. The maximum absolute atomic E-state index is 12.2. The monoisotopic (exact) mass is 257 g/mol. The number of aliphatic hydroxyl groups is 1. The number of carbonyl (C=O) groups excluding carboxylic acids is 1. The SMILES string of the molecule is Cc1cc2ccc3c(c2cn1)OC(C(C)(C)O)C3=O. The number of aromatic nitrogens is 1. The van der Waals surface area contributed by atoms with Crippen molar-refractivity contribution in [3.8, 4) is 5.75 Å². The number of hydrogen-bond donors (Lipinski definition) is 1. The lowest BCUT2D eigenvalue weighted by molar-refractivity contribution is -0.0134. The van der Waals surface area contributed by atoms with Crippen LogP contribution in [-0.4, -0.2) is 27.6 Å². The van der Waals surface area contributed by atoms with E-state index >= 15 is 0 Å². The van der Waals surface area contributed by atoms with Crippen LogP contribution in [0.4, 0.5) is 0 Å². The van der Waals surface area contributed by atoms with E-state index in [4.69, 9.17) is 4.74 Å². The number of hydrogen-bond acceptors (Lipinski definition) is 4. The molecule has 0 bridgehead atoms. The van der Waals surface area contributed by atoms with E-state index in [1.165, 1.54) is 0 Å². The van der Waals surface area contributed by atoms with Gasteiger partial charge in [-0.15, -0.1) is 0 Å². The van der Waals surface area contributed by atoms with Crippen LogP contribution in [-0.2, 0) is 0 Å². The molecule has 1 aliphatic rings. The van der Waals surface area contributed by atoms with Crippen LogP contribution in [0.2, 0.25) is 0 Å². The normalized spacial score (nSPS) is 18.5. The first-order valence-electron chi connectivity index (χ1n) is 6.20. The molecule has 1 atom stereocenters. The predicted molar refractivity (Wildman–Crippen MR) is 71.5 cm³/mol. The average molecular weight is 257 g/mol. The summed E-state index contributed by atoms with van der Waals surface area (Å²) in [4.78, 5) is 16.5. The van der Waals surface area contributed by atoms with E-state index in [0.29, 0.717) is 11.3 Å². The Hall–Kier alpha value is -1.94. The van der Waals surface area contributed by atoms with Crippen LogP contribution in [0.3, 0.4) is 0 Å². The molecule has 4 nitrogen and oxygen atoms in total. The van der Waals surface area contributed by atoms with E-state index in [1.807, 2.05) is 19.1 Å². The Kier molecular flexibility index (Phi) is 2.41. The van der Waals surface area contributed by atoms with Gasteiger partial charge in [0.2, 0.25) is 5.78 Å². The molecule has 3 rings (SSSR count). The van der Waals surface area contributed by atoms with E-state index in [9.17, 15) is 9.90 Å². The topological polar surface area (TPSA) is 59.4 Å². The van der Waals surface area contributed by atoms with Crippen molar-refractivity contribution in [3.63, 3.8) is 0 Å². The molecule has 1 unspecified atom stereocenters. The maximum Gasteiger partial charge on any atom is 0.210 e. The van der Waals surface area contributed by atoms with Gasteiger partial charge in [-0.05, 0) is 38.3 Å². The number of carbonyl (C=O) groups is 1. The summed E-state index contributed by atoms with van der Waals surface area (Å²) in [5, 5.41) is 11.8. The second-order valence-electron chi connectivity index (χ2n) is 5.50. The van der Waals surface area contributed by atoms with Crippen LogP contribution >= 0.6 is 0 Å². The second-order valence-corrected chi connectivity index (χ2v) is 5.50. The van der Waals surface area contributed by atoms with Crippen molar-refractivity contribution in [2.45, 2.75) is 32.5 Å². The van der Waals surface area contributed by atoms with Gasteiger partial charge in [0.25, 0.3) is 0 Å². The van der Waals surface area contributed by atoms with Gasteiger partial charge in [0.15, 0.2) is 6.10 Å². The largest absolute Gasteiger partial charge is 0.478 e. The summed E-state index contributed by atoms with van der Waals surface area (Å²) in [6.07, 6.45) is 0.859. The van der Waals surface area contributed by atoms with Crippen molar-refractivity contribution >= 4 is 16.6 Å². The van der Waals surface area contributed by atoms with Gasteiger partial charge >= 0.3 is 0 Å². The zero-order valence-corrected chi connectivity index (χ0v) is 11.1. The van der Waals surface area contributed by atoms with Crippen LogP contribution in [0.1, 0.15) is 29.9 Å². The highest BCUT2D eigenvalue weighted by molar-refractivity contribution is 6.10. The average Bonchev–Trinajstić information content (AvgIpc) is 2.66. The first kappa shape index (κ1) is 12.1. The summed E-state index contributed by atoms with van der Waals surface area (Å²) in [7, 11) is 0. The third-order valence-corrected chi connectivity index (χ3v) is 3.37. The third-order valence-electron chi connectivity index (χ3n) is 3.37. The van der Waals surface area contributed by atoms with Crippen LogP contribution in [0.5, 0.6) is 5.75 Å². The summed E-state index contributed by atoms with van der Waals surface area (Å²) in [5.74, 6) is 0.354. The van der Waals surface area contributed by atoms with E-state index in [-0.39, 0.29) is 5.78 Å². The van der Waals surface area contributed by atoms with Crippen LogP contribution in [0.15, 0.2) is 24.4 Å². The number of ketones is 1. The number of ether oxygens (including phenoxy) is 1. The number of nitrogens with zero attached hydrogens (tertiary/aromatic N) is 1. The molecule has 0 saturated heterocycles. The number of benzene rings is 1. The van der Waals surface area contributed by atoms with Crippen LogP contribution in [0, 0.1) is 6.92 Å². The minimum atomic E-state index is -1.21. The minimum absolute atomic E-state index is 0.176. The van der Waals surface area contributed by atoms with E-state index in [0.717, 1.165) is 16.5 Å². The van der Waals surface area contributed by atoms with Gasteiger partial charge in [-0.25, -0.2) is 0 Å². The molecule has 0 amide bonds. The quantitative estimate of drug-likeness (QED) is 0.851. The highest BCUT2D eigenvalue weighted by atomic mass is 16.5. The zero-order chi connectivity index (χ0) is 13.8. The third kappa shape index (κ3) is 1.79. The number of Topliss-reactive ketones (excluding diaryl/α,β-unsaturated/α-hetero) is 1. The van der Waals surface area contributed by atoms with Gasteiger partial charge in [0.1, 0.15) is 11.4 Å². The van der Waals surface area contributed by atoms with Crippen molar-refractivity contribution in [2.24, 2.45) is 0 Å². The summed E-state index contributed by atoms with van der Waals surface area (Å²) in [6, 6.07) is 5.59. The Morgan fingerprint density at radius 3 is 2.79 bits per heavy atom. The summed E-state index contributed by atoms with van der Waals surface area (Å²) in [5.41, 5.74) is 0.224. The highest BCUT2D eigenvalue weighted by Crippen LogP contribution is 2.38. The fourth-order valence-electron chi connectivity index (χ4n) is 2.40. The Labute approximate surface area is 111 Å². The Balaban J connectivity index is 2.20. The van der Waals surface area contributed by atoms with Gasteiger partial charge in [-0.2, -0.15) is 0 Å². The smallest absolute Gasteiger partial charge is 0.210 e. The Morgan fingerprint density at radius 1 is 1.37 bits per heavy atom. The van der Waals surface area contributed by atoms with E-state index in [2.05, 4.69) is 4.98 Å². The van der Waals surface area contributed by atoms with Gasteiger partial charge in [-0.3, -0.25) is 9.78 Å². The van der Waals surface area contributed by atoms with Crippen molar-refractivity contribution in [1.82, 2.24) is 4.98 Å². The summed E-state index contributed by atoms with van der Waals surface area (Å²) < 4.78 is 5.70. The van der Waals surface area contributed by atoms with Gasteiger partial charge in [-0.1, -0.05) is 6.07 Å². The predicted octanol–water partition coefficient (Wildman–Crippen LogP) is 2.26.